The molecule has 0 radical (unpaired) electrons. The van der Waals surface area contributed by atoms with E-state index < -0.39 is 5.91 Å². The molecule has 3 N–H and O–H groups in total. The molecule has 0 aliphatic rings. The van der Waals surface area contributed by atoms with Crippen LogP contribution in [0.25, 0.3) is 0 Å². The predicted octanol–water partition coefficient (Wildman–Crippen LogP) is 4.25. The Labute approximate surface area is 184 Å². The van der Waals surface area contributed by atoms with E-state index in [2.05, 4.69) is 10.5 Å². The standard InChI is InChI=1S/C23H22N4O3S/c1-3-29-20-11-17(9-10-19(20)30-14-16-7-5-4-6-8-16)13-26-27-23(28)21-15(2)18(12-24)22(25)31-21/h4-11,13H,3,14,25H2,1-2H3,(H,27,28)/b26-13+. The van der Waals surface area contributed by atoms with Gasteiger partial charge < -0.3 is 15.2 Å². The highest BCUT2D eigenvalue weighted by Crippen LogP contribution is 2.30. The van der Waals surface area contributed by atoms with Crippen molar-refractivity contribution in [3.05, 3.63) is 75.7 Å². The number of hydrazone groups is 1. The van der Waals surface area contributed by atoms with Gasteiger partial charge in [-0.25, -0.2) is 5.43 Å². The molecule has 0 saturated carbocycles. The first-order valence-corrected chi connectivity index (χ1v) is 10.4. The highest BCUT2D eigenvalue weighted by Gasteiger charge is 2.18. The third-order valence-electron chi connectivity index (χ3n) is 4.38. The van der Waals surface area contributed by atoms with Crippen LogP contribution in [0.2, 0.25) is 0 Å². The van der Waals surface area contributed by atoms with Gasteiger partial charge in [-0.15, -0.1) is 11.3 Å². The number of nitrogen functional groups attached to an aromatic ring is 1. The Bertz CT molecular complexity index is 1130. The molecule has 158 valence electrons. The molecule has 1 heterocycles. The molecule has 0 unspecified atom stereocenters. The number of hydrogen-bond donors (Lipinski definition) is 2. The highest BCUT2D eigenvalue weighted by molar-refractivity contribution is 7.18. The zero-order chi connectivity index (χ0) is 22.2. The minimum atomic E-state index is -0.417. The average molecular weight is 435 g/mol. The zero-order valence-electron chi connectivity index (χ0n) is 17.2. The van der Waals surface area contributed by atoms with Crippen molar-refractivity contribution in [3.8, 4) is 17.6 Å². The Kier molecular flexibility index (Phi) is 7.25. The van der Waals surface area contributed by atoms with Crippen LogP contribution < -0.4 is 20.6 Å². The highest BCUT2D eigenvalue weighted by atomic mass is 32.1. The maximum Gasteiger partial charge on any atom is 0.281 e. The van der Waals surface area contributed by atoms with Gasteiger partial charge in [-0.1, -0.05) is 30.3 Å². The Morgan fingerprint density at radius 3 is 2.68 bits per heavy atom. The molecule has 1 amide bonds. The monoisotopic (exact) mass is 434 g/mol. The second-order valence-corrected chi connectivity index (χ2v) is 7.57. The van der Waals surface area contributed by atoms with Gasteiger partial charge in [-0.2, -0.15) is 10.4 Å². The van der Waals surface area contributed by atoms with Crippen LogP contribution in [-0.2, 0) is 6.61 Å². The number of nitrogens with zero attached hydrogens (tertiary/aromatic N) is 2. The van der Waals surface area contributed by atoms with E-state index in [0.717, 1.165) is 22.5 Å². The van der Waals surface area contributed by atoms with Crippen molar-refractivity contribution in [2.45, 2.75) is 20.5 Å². The fourth-order valence-corrected chi connectivity index (χ4v) is 3.75. The number of ether oxygens (including phenoxy) is 2. The number of benzene rings is 2. The molecular weight excluding hydrogens is 412 g/mol. The van der Waals surface area contributed by atoms with E-state index in [4.69, 9.17) is 20.5 Å². The summed E-state index contributed by atoms with van der Waals surface area (Å²) >= 11 is 1.07. The normalized spacial score (nSPS) is 10.6. The molecule has 0 spiro atoms. The van der Waals surface area contributed by atoms with E-state index in [1.54, 1.807) is 19.1 Å². The first kappa shape index (κ1) is 21.9. The van der Waals surface area contributed by atoms with Gasteiger partial charge in [0.1, 0.15) is 22.6 Å². The number of nitrogens with two attached hydrogens (primary N) is 1. The van der Waals surface area contributed by atoms with E-state index in [-0.39, 0.29) is 0 Å². The number of nitriles is 1. The lowest BCUT2D eigenvalue weighted by Crippen LogP contribution is -2.17. The Morgan fingerprint density at radius 2 is 2.00 bits per heavy atom. The van der Waals surface area contributed by atoms with Crippen molar-refractivity contribution >= 4 is 28.5 Å². The van der Waals surface area contributed by atoms with Crippen LogP contribution in [0, 0.1) is 18.3 Å². The van der Waals surface area contributed by atoms with Crippen LogP contribution >= 0.6 is 11.3 Å². The molecule has 0 atom stereocenters. The summed E-state index contributed by atoms with van der Waals surface area (Å²) in [4.78, 5) is 12.7. The summed E-state index contributed by atoms with van der Waals surface area (Å²) in [6.07, 6.45) is 1.51. The minimum absolute atomic E-state index is 0.321. The first-order valence-electron chi connectivity index (χ1n) is 9.59. The molecular formula is C23H22N4O3S. The summed E-state index contributed by atoms with van der Waals surface area (Å²) < 4.78 is 11.6. The second-order valence-electron chi connectivity index (χ2n) is 6.52. The molecule has 2 aromatic carbocycles. The molecule has 0 fully saturated rings. The zero-order valence-corrected chi connectivity index (χ0v) is 18.0. The topological polar surface area (TPSA) is 110 Å². The maximum absolute atomic E-state index is 12.4. The number of nitrogens with one attached hydrogen (secondary N) is 1. The van der Waals surface area contributed by atoms with Crippen LogP contribution in [0.15, 0.2) is 53.6 Å². The second kappa shape index (κ2) is 10.3. The quantitative estimate of drug-likeness (QED) is 0.407. The molecule has 0 bridgehead atoms. The number of carbonyl (C=O) groups excluding carboxylic acids is 1. The summed E-state index contributed by atoms with van der Waals surface area (Å²) in [6.45, 7) is 4.50. The van der Waals surface area contributed by atoms with E-state index in [1.165, 1.54) is 6.21 Å². The fraction of sp³-hybridized carbons (Fsp3) is 0.174. The predicted molar refractivity (Wildman–Crippen MR) is 122 cm³/mol. The van der Waals surface area contributed by atoms with Crippen LogP contribution in [0.3, 0.4) is 0 Å². The SMILES string of the molecule is CCOc1cc(/C=N/NC(=O)c2sc(N)c(C#N)c2C)ccc1OCc1ccccc1. The maximum atomic E-state index is 12.4. The number of thiophene rings is 1. The van der Waals surface area contributed by atoms with Crippen LogP contribution in [0.5, 0.6) is 11.5 Å². The lowest BCUT2D eigenvalue weighted by Gasteiger charge is -2.12. The van der Waals surface area contributed by atoms with Gasteiger partial charge in [0.05, 0.1) is 18.4 Å². The van der Waals surface area contributed by atoms with Crippen LogP contribution in [0.4, 0.5) is 5.00 Å². The molecule has 3 aromatic rings. The van der Waals surface area contributed by atoms with Crippen molar-refractivity contribution < 1.29 is 14.3 Å². The number of anilines is 1. The van der Waals surface area contributed by atoms with Crippen molar-refractivity contribution in [1.29, 1.82) is 5.26 Å². The van der Waals surface area contributed by atoms with E-state index in [9.17, 15) is 4.79 Å². The molecule has 3 rings (SSSR count). The fourth-order valence-electron chi connectivity index (χ4n) is 2.84. The molecule has 0 aliphatic carbocycles. The van der Waals surface area contributed by atoms with Gasteiger partial charge in [-0.05, 0) is 48.7 Å². The molecule has 0 aliphatic heterocycles. The Balaban J connectivity index is 1.68. The lowest BCUT2D eigenvalue weighted by molar-refractivity contribution is 0.0958. The summed E-state index contributed by atoms with van der Waals surface area (Å²) in [5, 5.41) is 13.4. The molecule has 0 saturated heterocycles. The Morgan fingerprint density at radius 1 is 1.23 bits per heavy atom. The number of carbonyl (C=O) groups is 1. The van der Waals surface area contributed by atoms with Gasteiger partial charge in [-0.3, -0.25) is 4.79 Å². The lowest BCUT2D eigenvalue weighted by atomic mass is 10.2. The third kappa shape index (κ3) is 5.41. The number of hydrogen-bond acceptors (Lipinski definition) is 7. The molecule has 7 nitrogen and oxygen atoms in total. The largest absolute Gasteiger partial charge is 0.490 e. The van der Waals surface area contributed by atoms with E-state index in [1.807, 2.05) is 49.4 Å². The van der Waals surface area contributed by atoms with Gasteiger partial charge in [0, 0.05) is 0 Å². The van der Waals surface area contributed by atoms with E-state index in [0.29, 0.717) is 45.7 Å². The van der Waals surface area contributed by atoms with Gasteiger partial charge in [0.25, 0.3) is 5.91 Å². The number of rotatable bonds is 8. The van der Waals surface area contributed by atoms with Gasteiger partial charge in [0.15, 0.2) is 11.5 Å². The van der Waals surface area contributed by atoms with Crippen molar-refractivity contribution in [2.75, 3.05) is 12.3 Å². The summed E-state index contributed by atoms with van der Waals surface area (Å²) in [5.41, 5.74) is 10.9. The minimum Gasteiger partial charge on any atom is -0.490 e. The van der Waals surface area contributed by atoms with Crippen LogP contribution in [0.1, 0.15) is 38.8 Å². The van der Waals surface area contributed by atoms with Gasteiger partial charge in [0.2, 0.25) is 0 Å². The van der Waals surface area contributed by atoms with Crippen molar-refractivity contribution in [3.63, 3.8) is 0 Å². The molecule has 8 heteroatoms. The Hall–Kier alpha value is -3.83. The molecule has 31 heavy (non-hydrogen) atoms. The van der Waals surface area contributed by atoms with Gasteiger partial charge >= 0.3 is 0 Å². The van der Waals surface area contributed by atoms with E-state index >= 15 is 0 Å². The third-order valence-corrected chi connectivity index (χ3v) is 5.50. The van der Waals surface area contributed by atoms with Crippen LogP contribution in [-0.4, -0.2) is 18.7 Å². The van der Waals surface area contributed by atoms with Crippen molar-refractivity contribution in [2.24, 2.45) is 5.10 Å². The summed E-state index contributed by atoms with van der Waals surface area (Å²) in [5.74, 6) is 0.801. The van der Waals surface area contributed by atoms with Crippen molar-refractivity contribution in [1.82, 2.24) is 5.43 Å². The summed E-state index contributed by atoms with van der Waals surface area (Å²) in [6, 6.07) is 17.3. The average Bonchev–Trinajstić information content (AvgIpc) is 3.07. The smallest absolute Gasteiger partial charge is 0.281 e. The first-order chi connectivity index (χ1) is 15.0. The number of amides is 1. The summed E-state index contributed by atoms with van der Waals surface area (Å²) in [7, 11) is 0. The molecule has 1 aromatic heterocycles.